The molecule has 0 spiro atoms. The van der Waals surface area contributed by atoms with Gasteiger partial charge in [0, 0.05) is 24.8 Å². The molecule has 2 aromatic rings. The number of aromatic amines is 1. The molecular formula is C20H28N4O. The molecule has 1 atom stereocenters. The maximum atomic E-state index is 12.2. The predicted molar refractivity (Wildman–Crippen MR) is 100 cm³/mol. The summed E-state index contributed by atoms with van der Waals surface area (Å²) in [6, 6.07) is 12.4. The van der Waals surface area contributed by atoms with Crippen LogP contribution in [0.4, 0.5) is 0 Å². The SMILES string of the molecule is CN(CCCCCc1cc(-c2ccccc2)n[nH]1)C(=O)C1CCCN1. The van der Waals surface area contributed by atoms with Gasteiger partial charge in [-0.2, -0.15) is 5.10 Å². The highest BCUT2D eigenvalue weighted by Gasteiger charge is 2.24. The molecule has 1 aliphatic rings. The number of benzene rings is 1. The first kappa shape index (κ1) is 17.7. The van der Waals surface area contributed by atoms with E-state index in [1.54, 1.807) is 0 Å². The molecule has 134 valence electrons. The molecule has 1 amide bonds. The molecule has 3 rings (SSSR count). The first-order valence-corrected chi connectivity index (χ1v) is 9.32. The molecule has 1 unspecified atom stereocenters. The average Bonchev–Trinajstić information content (AvgIpc) is 3.33. The molecule has 2 N–H and O–H groups in total. The Balaban J connectivity index is 1.35. The van der Waals surface area contributed by atoms with Crippen LogP contribution in [-0.2, 0) is 11.2 Å². The van der Waals surface area contributed by atoms with E-state index in [1.165, 1.54) is 5.69 Å². The van der Waals surface area contributed by atoms with Crippen LogP contribution in [0.2, 0.25) is 0 Å². The lowest BCUT2D eigenvalue weighted by Gasteiger charge is -2.21. The van der Waals surface area contributed by atoms with E-state index in [4.69, 9.17) is 0 Å². The zero-order valence-corrected chi connectivity index (χ0v) is 15.0. The number of unbranched alkanes of at least 4 members (excludes halogenated alkanes) is 2. The molecule has 0 bridgehead atoms. The lowest BCUT2D eigenvalue weighted by Crippen LogP contribution is -2.41. The number of nitrogens with zero attached hydrogens (tertiary/aromatic N) is 2. The van der Waals surface area contributed by atoms with Crippen molar-refractivity contribution in [1.82, 2.24) is 20.4 Å². The largest absolute Gasteiger partial charge is 0.344 e. The molecule has 0 aliphatic carbocycles. The molecule has 1 aromatic heterocycles. The number of H-pyrrole nitrogens is 1. The van der Waals surface area contributed by atoms with Gasteiger partial charge in [-0.1, -0.05) is 36.8 Å². The van der Waals surface area contributed by atoms with Gasteiger partial charge in [-0.25, -0.2) is 0 Å². The van der Waals surface area contributed by atoms with E-state index in [-0.39, 0.29) is 11.9 Å². The number of hydrogen-bond donors (Lipinski definition) is 2. The molecule has 1 saturated heterocycles. The summed E-state index contributed by atoms with van der Waals surface area (Å²) < 4.78 is 0. The second-order valence-corrected chi connectivity index (χ2v) is 6.86. The molecule has 1 aliphatic heterocycles. The van der Waals surface area contributed by atoms with E-state index in [0.717, 1.165) is 62.9 Å². The van der Waals surface area contributed by atoms with Gasteiger partial charge in [0.15, 0.2) is 0 Å². The Morgan fingerprint density at radius 2 is 2.08 bits per heavy atom. The molecular weight excluding hydrogens is 312 g/mol. The number of likely N-dealkylation sites (N-methyl/N-ethyl adjacent to an activating group) is 1. The molecule has 5 nitrogen and oxygen atoms in total. The van der Waals surface area contributed by atoms with Crippen molar-refractivity contribution in [1.29, 1.82) is 0 Å². The van der Waals surface area contributed by atoms with Crippen LogP contribution in [-0.4, -0.2) is 47.2 Å². The van der Waals surface area contributed by atoms with Gasteiger partial charge >= 0.3 is 0 Å². The Kier molecular flexibility index (Phi) is 6.23. The molecule has 1 aromatic carbocycles. The van der Waals surface area contributed by atoms with Crippen molar-refractivity contribution in [3.05, 3.63) is 42.1 Å². The first-order valence-electron chi connectivity index (χ1n) is 9.32. The number of aromatic nitrogens is 2. The minimum atomic E-state index is 0.0476. The van der Waals surface area contributed by atoms with Crippen molar-refractivity contribution in [2.75, 3.05) is 20.1 Å². The van der Waals surface area contributed by atoms with E-state index in [9.17, 15) is 4.79 Å². The quantitative estimate of drug-likeness (QED) is 0.726. The van der Waals surface area contributed by atoms with E-state index in [2.05, 4.69) is 33.7 Å². The Morgan fingerprint density at radius 1 is 1.24 bits per heavy atom. The lowest BCUT2D eigenvalue weighted by molar-refractivity contribution is -0.131. The number of nitrogens with one attached hydrogen (secondary N) is 2. The summed E-state index contributed by atoms with van der Waals surface area (Å²) in [7, 11) is 1.92. The highest BCUT2D eigenvalue weighted by Crippen LogP contribution is 2.18. The number of carbonyl (C=O) groups excluding carboxylic acids is 1. The van der Waals surface area contributed by atoms with Crippen LogP contribution in [0, 0.1) is 0 Å². The first-order chi connectivity index (χ1) is 12.2. The Hall–Kier alpha value is -2.14. The van der Waals surface area contributed by atoms with Gasteiger partial charge < -0.3 is 10.2 Å². The van der Waals surface area contributed by atoms with Crippen LogP contribution in [0.25, 0.3) is 11.3 Å². The van der Waals surface area contributed by atoms with Gasteiger partial charge in [0.2, 0.25) is 5.91 Å². The molecule has 5 heteroatoms. The van der Waals surface area contributed by atoms with Crippen LogP contribution in [0.1, 0.15) is 37.8 Å². The van der Waals surface area contributed by atoms with Crippen molar-refractivity contribution in [3.8, 4) is 11.3 Å². The van der Waals surface area contributed by atoms with E-state index < -0.39 is 0 Å². The number of aryl methyl sites for hydroxylation is 1. The third-order valence-electron chi connectivity index (χ3n) is 4.87. The maximum Gasteiger partial charge on any atom is 0.239 e. The van der Waals surface area contributed by atoms with Gasteiger partial charge in [-0.3, -0.25) is 9.89 Å². The summed E-state index contributed by atoms with van der Waals surface area (Å²) in [5, 5.41) is 10.8. The number of carbonyl (C=O) groups is 1. The number of hydrogen-bond acceptors (Lipinski definition) is 3. The molecule has 0 saturated carbocycles. The Labute approximate surface area is 149 Å². The minimum absolute atomic E-state index is 0.0476. The van der Waals surface area contributed by atoms with Gasteiger partial charge in [0.05, 0.1) is 11.7 Å². The molecule has 1 fully saturated rings. The maximum absolute atomic E-state index is 12.2. The fraction of sp³-hybridized carbons (Fsp3) is 0.500. The number of rotatable bonds is 8. The van der Waals surface area contributed by atoms with E-state index in [1.807, 2.05) is 30.1 Å². The third-order valence-corrected chi connectivity index (χ3v) is 4.87. The zero-order chi connectivity index (χ0) is 17.5. The van der Waals surface area contributed by atoms with Crippen LogP contribution >= 0.6 is 0 Å². The van der Waals surface area contributed by atoms with Gasteiger partial charge in [0.1, 0.15) is 0 Å². The van der Waals surface area contributed by atoms with Gasteiger partial charge in [-0.05, 0) is 44.7 Å². The monoisotopic (exact) mass is 340 g/mol. The topological polar surface area (TPSA) is 61.0 Å². The van der Waals surface area contributed by atoms with Crippen molar-refractivity contribution in [2.45, 2.75) is 44.6 Å². The van der Waals surface area contributed by atoms with Crippen molar-refractivity contribution in [3.63, 3.8) is 0 Å². The number of amides is 1. The molecule has 25 heavy (non-hydrogen) atoms. The summed E-state index contributed by atoms with van der Waals surface area (Å²) in [4.78, 5) is 14.1. The summed E-state index contributed by atoms with van der Waals surface area (Å²) in [6.07, 6.45) is 6.37. The predicted octanol–water partition coefficient (Wildman–Crippen LogP) is 3.00. The smallest absolute Gasteiger partial charge is 0.239 e. The average molecular weight is 340 g/mol. The molecule has 0 radical (unpaired) electrons. The van der Waals surface area contributed by atoms with Crippen molar-refractivity contribution < 1.29 is 4.79 Å². The zero-order valence-electron chi connectivity index (χ0n) is 15.0. The van der Waals surface area contributed by atoms with Crippen molar-refractivity contribution >= 4 is 5.91 Å². The van der Waals surface area contributed by atoms with Gasteiger partial charge in [0.25, 0.3) is 0 Å². The van der Waals surface area contributed by atoms with Gasteiger partial charge in [-0.15, -0.1) is 0 Å². The lowest BCUT2D eigenvalue weighted by atomic mass is 10.1. The normalized spacial score (nSPS) is 16.9. The Morgan fingerprint density at radius 3 is 2.84 bits per heavy atom. The van der Waals surface area contributed by atoms with E-state index in [0.29, 0.717) is 0 Å². The summed E-state index contributed by atoms with van der Waals surface area (Å²) in [5.74, 6) is 0.249. The van der Waals surface area contributed by atoms with Crippen molar-refractivity contribution in [2.24, 2.45) is 0 Å². The molecule has 2 heterocycles. The minimum Gasteiger partial charge on any atom is -0.344 e. The Bertz CT molecular complexity index is 661. The second-order valence-electron chi connectivity index (χ2n) is 6.86. The fourth-order valence-electron chi connectivity index (χ4n) is 3.36. The highest BCUT2D eigenvalue weighted by atomic mass is 16.2. The van der Waals surface area contributed by atoms with E-state index >= 15 is 0 Å². The van der Waals surface area contributed by atoms with Crippen LogP contribution in [0.5, 0.6) is 0 Å². The third kappa shape index (κ3) is 4.92. The van der Waals surface area contributed by atoms with Crippen LogP contribution in [0.15, 0.2) is 36.4 Å². The summed E-state index contributed by atoms with van der Waals surface area (Å²) in [6.45, 7) is 1.81. The summed E-state index contributed by atoms with van der Waals surface area (Å²) >= 11 is 0. The highest BCUT2D eigenvalue weighted by molar-refractivity contribution is 5.81. The standard InChI is InChI=1S/C20H28N4O/c1-24(20(25)18-12-8-13-21-18)14-7-3-6-11-17-15-19(23-22-17)16-9-4-2-5-10-16/h2,4-5,9-10,15,18,21H,3,6-8,11-14H2,1H3,(H,22,23). The summed E-state index contributed by atoms with van der Waals surface area (Å²) in [5.41, 5.74) is 3.33. The second kappa shape index (κ2) is 8.81. The van der Waals surface area contributed by atoms with Crippen LogP contribution < -0.4 is 5.32 Å². The fourth-order valence-corrected chi connectivity index (χ4v) is 3.36. The van der Waals surface area contributed by atoms with Crippen LogP contribution in [0.3, 0.4) is 0 Å².